The number of pyridine rings is 1. The average molecular weight is 327 g/mol. The Balaban J connectivity index is 1.87. The van der Waals surface area contributed by atoms with E-state index < -0.39 is 0 Å². The summed E-state index contributed by atoms with van der Waals surface area (Å²) < 4.78 is 1.52. The van der Waals surface area contributed by atoms with E-state index in [9.17, 15) is 4.79 Å². The molecule has 4 rings (SSSR count). The van der Waals surface area contributed by atoms with Crippen molar-refractivity contribution in [2.75, 3.05) is 0 Å². The van der Waals surface area contributed by atoms with Crippen LogP contribution in [-0.4, -0.2) is 14.5 Å². The third-order valence-electron chi connectivity index (χ3n) is 4.93. The van der Waals surface area contributed by atoms with Crippen molar-refractivity contribution in [2.45, 2.75) is 32.1 Å². The molecule has 2 fully saturated rings. The first-order valence-electron chi connectivity index (χ1n) is 7.74. The summed E-state index contributed by atoms with van der Waals surface area (Å²) in [6, 6.07) is 5.35. The largest absolute Gasteiger partial charge is 0.278 e. The molecule has 2 saturated carbocycles. The molecule has 6 heteroatoms. The normalized spacial score (nSPS) is 25.0. The summed E-state index contributed by atoms with van der Waals surface area (Å²) in [5.74, 6) is 3.07. The van der Waals surface area contributed by atoms with Gasteiger partial charge in [0.15, 0.2) is 0 Å². The molecule has 23 heavy (non-hydrogen) atoms. The minimum absolute atomic E-state index is 0.128. The van der Waals surface area contributed by atoms with Crippen LogP contribution in [0, 0.1) is 30.1 Å². The van der Waals surface area contributed by atoms with Crippen molar-refractivity contribution < 1.29 is 0 Å². The zero-order valence-corrected chi connectivity index (χ0v) is 13.4. The smallest absolute Gasteiger partial charge is 0.267 e. The highest BCUT2D eigenvalue weighted by atomic mass is 35.5. The van der Waals surface area contributed by atoms with Crippen molar-refractivity contribution in [3.8, 4) is 11.9 Å². The Morgan fingerprint density at radius 2 is 2.04 bits per heavy atom. The number of aromatic nitrogens is 3. The molecule has 0 bridgehead atoms. The van der Waals surface area contributed by atoms with Gasteiger partial charge in [-0.2, -0.15) is 5.26 Å². The van der Waals surface area contributed by atoms with Crippen molar-refractivity contribution >= 4 is 11.6 Å². The molecule has 2 atom stereocenters. The quantitative estimate of drug-likeness (QED) is 0.850. The van der Waals surface area contributed by atoms with E-state index in [4.69, 9.17) is 16.9 Å². The molecule has 0 spiro atoms. The van der Waals surface area contributed by atoms with E-state index in [-0.39, 0.29) is 16.5 Å². The number of rotatable bonds is 2. The molecule has 2 unspecified atom stereocenters. The molecule has 2 aliphatic rings. The standard InChI is InChI=1S/C17H15ClN4O/c1-9-15(18)17(23)22(14-3-2-10(7-19)8-20-14)16(21-9)13-5-11-4-12(11)6-13/h2-3,8,11-13H,4-6H2,1H3. The van der Waals surface area contributed by atoms with E-state index in [1.807, 2.05) is 6.07 Å². The summed E-state index contributed by atoms with van der Waals surface area (Å²) >= 11 is 6.13. The Kier molecular flexibility index (Phi) is 3.24. The van der Waals surface area contributed by atoms with Crippen LogP contribution in [0.3, 0.4) is 0 Å². The number of nitriles is 1. The van der Waals surface area contributed by atoms with Gasteiger partial charge in [0.05, 0.1) is 11.3 Å². The minimum Gasteiger partial charge on any atom is -0.267 e. The molecule has 2 aromatic rings. The fourth-order valence-corrected chi connectivity index (χ4v) is 3.76. The van der Waals surface area contributed by atoms with Gasteiger partial charge in [-0.25, -0.2) is 14.5 Å². The van der Waals surface area contributed by atoms with Crippen LogP contribution in [0.1, 0.15) is 42.3 Å². The summed E-state index contributed by atoms with van der Waals surface area (Å²) in [7, 11) is 0. The molecule has 0 aliphatic heterocycles. The Bertz CT molecular complexity index is 871. The monoisotopic (exact) mass is 326 g/mol. The van der Waals surface area contributed by atoms with Crippen LogP contribution < -0.4 is 5.56 Å². The summed E-state index contributed by atoms with van der Waals surface area (Å²) in [6.07, 6.45) is 4.93. The van der Waals surface area contributed by atoms with Gasteiger partial charge in [0.25, 0.3) is 5.56 Å². The molecule has 0 N–H and O–H groups in total. The third-order valence-corrected chi connectivity index (χ3v) is 5.37. The fourth-order valence-electron chi connectivity index (χ4n) is 3.63. The van der Waals surface area contributed by atoms with Gasteiger partial charge in [-0.15, -0.1) is 0 Å². The maximum absolute atomic E-state index is 12.7. The van der Waals surface area contributed by atoms with Crippen molar-refractivity contribution in [1.82, 2.24) is 14.5 Å². The Labute approximate surface area is 138 Å². The van der Waals surface area contributed by atoms with Gasteiger partial charge in [-0.1, -0.05) is 11.6 Å². The second-order valence-corrected chi connectivity index (χ2v) is 6.83. The molecule has 2 heterocycles. The number of aryl methyl sites for hydroxylation is 1. The van der Waals surface area contributed by atoms with E-state index in [1.54, 1.807) is 19.1 Å². The first-order chi connectivity index (χ1) is 11.1. The Morgan fingerprint density at radius 3 is 2.65 bits per heavy atom. The highest BCUT2D eigenvalue weighted by Crippen LogP contribution is 2.57. The lowest BCUT2D eigenvalue weighted by atomic mass is 10.0. The molecule has 2 aromatic heterocycles. The molecular formula is C17H15ClN4O. The highest BCUT2D eigenvalue weighted by molar-refractivity contribution is 6.31. The van der Waals surface area contributed by atoms with Crippen molar-refractivity contribution in [3.05, 3.63) is 50.8 Å². The van der Waals surface area contributed by atoms with Gasteiger partial charge in [0, 0.05) is 12.1 Å². The van der Waals surface area contributed by atoms with E-state index in [1.165, 1.54) is 17.2 Å². The number of nitrogens with zero attached hydrogens (tertiary/aromatic N) is 4. The summed E-state index contributed by atoms with van der Waals surface area (Å²) in [6.45, 7) is 1.76. The summed E-state index contributed by atoms with van der Waals surface area (Å²) in [4.78, 5) is 21.6. The van der Waals surface area contributed by atoms with Gasteiger partial charge in [-0.05, 0) is 50.2 Å². The lowest BCUT2D eigenvalue weighted by Crippen LogP contribution is -2.27. The maximum atomic E-state index is 12.7. The predicted octanol–water partition coefficient (Wildman–Crippen LogP) is 2.97. The van der Waals surface area contributed by atoms with Crippen molar-refractivity contribution in [3.63, 3.8) is 0 Å². The fraction of sp³-hybridized carbons (Fsp3) is 0.412. The first kappa shape index (κ1) is 14.4. The molecule has 0 aromatic carbocycles. The molecule has 5 nitrogen and oxygen atoms in total. The van der Waals surface area contributed by atoms with Crippen molar-refractivity contribution in [2.24, 2.45) is 11.8 Å². The molecular weight excluding hydrogens is 312 g/mol. The average Bonchev–Trinajstić information content (AvgIpc) is 3.18. The molecule has 2 aliphatic carbocycles. The Hall–Kier alpha value is -2.19. The summed E-state index contributed by atoms with van der Waals surface area (Å²) in [5, 5.41) is 9.03. The van der Waals surface area contributed by atoms with Crippen LogP contribution >= 0.6 is 11.6 Å². The van der Waals surface area contributed by atoms with Crippen LogP contribution in [0.5, 0.6) is 0 Å². The second-order valence-electron chi connectivity index (χ2n) is 6.45. The van der Waals surface area contributed by atoms with Gasteiger partial charge in [0.1, 0.15) is 22.7 Å². The van der Waals surface area contributed by atoms with E-state index in [0.717, 1.165) is 30.5 Å². The first-order valence-corrected chi connectivity index (χ1v) is 8.12. The molecule has 0 radical (unpaired) electrons. The number of hydrogen-bond acceptors (Lipinski definition) is 4. The van der Waals surface area contributed by atoms with Gasteiger partial charge in [0.2, 0.25) is 0 Å². The zero-order chi connectivity index (χ0) is 16.1. The van der Waals surface area contributed by atoms with Crippen LogP contribution in [0.4, 0.5) is 0 Å². The number of hydrogen-bond donors (Lipinski definition) is 0. The van der Waals surface area contributed by atoms with Crippen LogP contribution in [0.25, 0.3) is 5.82 Å². The predicted molar refractivity (Wildman–Crippen MR) is 85.7 cm³/mol. The topological polar surface area (TPSA) is 71.6 Å². The lowest BCUT2D eigenvalue weighted by molar-refractivity contribution is 0.563. The molecule has 0 amide bonds. The van der Waals surface area contributed by atoms with Gasteiger partial charge in [-0.3, -0.25) is 4.79 Å². The van der Waals surface area contributed by atoms with E-state index >= 15 is 0 Å². The third kappa shape index (κ3) is 2.34. The van der Waals surface area contributed by atoms with E-state index in [2.05, 4.69) is 9.97 Å². The zero-order valence-electron chi connectivity index (χ0n) is 12.7. The Morgan fingerprint density at radius 1 is 1.30 bits per heavy atom. The molecule has 0 saturated heterocycles. The number of halogens is 1. The maximum Gasteiger partial charge on any atom is 0.278 e. The highest BCUT2D eigenvalue weighted by Gasteiger charge is 2.47. The van der Waals surface area contributed by atoms with Crippen LogP contribution in [0.2, 0.25) is 5.02 Å². The molecule has 116 valence electrons. The van der Waals surface area contributed by atoms with Crippen LogP contribution in [0.15, 0.2) is 23.1 Å². The van der Waals surface area contributed by atoms with Crippen LogP contribution in [-0.2, 0) is 0 Å². The van der Waals surface area contributed by atoms with E-state index in [0.29, 0.717) is 17.1 Å². The summed E-state index contributed by atoms with van der Waals surface area (Å²) in [5.41, 5.74) is 0.737. The minimum atomic E-state index is -0.285. The van der Waals surface area contributed by atoms with Gasteiger partial charge >= 0.3 is 0 Å². The number of fused-ring (bicyclic) bond motifs is 1. The van der Waals surface area contributed by atoms with Gasteiger partial charge < -0.3 is 0 Å². The second kappa shape index (κ2) is 5.17. The van der Waals surface area contributed by atoms with Crippen molar-refractivity contribution in [1.29, 1.82) is 5.26 Å². The lowest BCUT2D eigenvalue weighted by Gasteiger charge is -2.18. The SMILES string of the molecule is Cc1nc(C2CC3CC3C2)n(-c2ccc(C#N)cn2)c(=O)c1Cl.